The second-order valence-electron chi connectivity index (χ2n) is 9.33. The Morgan fingerprint density at radius 2 is 1.84 bits per heavy atom. The van der Waals surface area contributed by atoms with E-state index in [4.69, 9.17) is 9.47 Å². The highest BCUT2D eigenvalue weighted by Crippen LogP contribution is 2.19. The van der Waals surface area contributed by atoms with Crippen LogP contribution in [0.25, 0.3) is 0 Å². The van der Waals surface area contributed by atoms with Crippen LogP contribution in [0.1, 0.15) is 20.3 Å². The van der Waals surface area contributed by atoms with Crippen molar-refractivity contribution in [2.24, 2.45) is 0 Å². The van der Waals surface area contributed by atoms with Gasteiger partial charge in [-0.25, -0.2) is 4.79 Å². The van der Waals surface area contributed by atoms with E-state index in [1.807, 2.05) is 19.9 Å². The molecule has 2 heterocycles. The van der Waals surface area contributed by atoms with Crippen LogP contribution in [0.2, 0.25) is 0 Å². The number of hydrogen-bond acceptors (Lipinski definition) is 7. The number of fused-ring (bicyclic) bond motifs is 1. The Kier molecular flexibility index (Phi) is 11.1. The molecule has 37 heavy (non-hydrogen) atoms. The van der Waals surface area contributed by atoms with Crippen molar-refractivity contribution in [1.82, 2.24) is 25.8 Å². The fraction of sp³-hybridized carbons (Fsp3) is 0.600. The minimum absolute atomic E-state index is 0.0364. The van der Waals surface area contributed by atoms with E-state index in [9.17, 15) is 19.2 Å². The highest BCUT2D eigenvalue weighted by Gasteiger charge is 2.40. The predicted molar refractivity (Wildman–Crippen MR) is 137 cm³/mol. The lowest BCUT2D eigenvalue weighted by molar-refractivity contribution is -0.145. The van der Waals surface area contributed by atoms with Gasteiger partial charge in [0.15, 0.2) is 0 Å². The molecule has 0 bridgehead atoms. The third-order valence-corrected chi connectivity index (χ3v) is 6.01. The third kappa shape index (κ3) is 9.30. The summed E-state index contributed by atoms with van der Waals surface area (Å²) in [4.78, 5) is 54.3. The molecular formula is C25H38N6O6. The van der Waals surface area contributed by atoms with Crippen molar-refractivity contribution >= 4 is 29.4 Å². The summed E-state index contributed by atoms with van der Waals surface area (Å²) in [6.45, 7) is 5.28. The molecule has 0 radical (unpaired) electrons. The van der Waals surface area contributed by atoms with Crippen LogP contribution in [0.15, 0.2) is 30.3 Å². The maximum absolute atomic E-state index is 13.4. The number of para-hydroxylation sites is 1. The van der Waals surface area contributed by atoms with Gasteiger partial charge in [-0.1, -0.05) is 32.0 Å². The Labute approximate surface area is 217 Å². The number of nitrogens with zero attached hydrogens (tertiary/aromatic N) is 2. The Balaban J connectivity index is 1.65. The molecule has 2 aliphatic heterocycles. The maximum Gasteiger partial charge on any atom is 0.319 e. The minimum Gasteiger partial charge on any atom is -0.377 e. The number of ether oxygens (including phenoxy) is 2. The number of nitrogens with one attached hydrogen (secondary N) is 4. The summed E-state index contributed by atoms with van der Waals surface area (Å²) in [7, 11) is 0. The molecule has 12 heteroatoms. The van der Waals surface area contributed by atoms with E-state index in [1.165, 1.54) is 9.80 Å². The Hall–Kier alpha value is -3.22. The van der Waals surface area contributed by atoms with Gasteiger partial charge in [0, 0.05) is 44.0 Å². The van der Waals surface area contributed by atoms with E-state index in [1.54, 1.807) is 24.3 Å². The number of anilines is 1. The second-order valence-corrected chi connectivity index (χ2v) is 9.33. The average Bonchev–Trinajstić information content (AvgIpc) is 3.28. The SMILES string of the molecule is CC(C)N[C@H]1C[C@H]2C(=O)NCCOCCOCC(=O)N(CCNC(=O)Nc3ccccc3)CC(=O)N2C1. The fourth-order valence-corrected chi connectivity index (χ4v) is 4.33. The monoisotopic (exact) mass is 518 g/mol. The van der Waals surface area contributed by atoms with Crippen LogP contribution in [0.4, 0.5) is 10.5 Å². The number of benzene rings is 1. The van der Waals surface area contributed by atoms with Gasteiger partial charge in [-0.05, 0) is 18.6 Å². The summed E-state index contributed by atoms with van der Waals surface area (Å²) in [5.41, 5.74) is 0.638. The van der Waals surface area contributed by atoms with E-state index < -0.39 is 12.1 Å². The van der Waals surface area contributed by atoms with Crippen LogP contribution < -0.4 is 21.3 Å². The lowest BCUT2D eigenvalue weighted by Crippen LogP contribution is -2.51. The highest BCUT2D eigenvalue weighted by molar-refractivity contribution is 5.91. The fourth-order valence-electron chi connectivity index (χ4n) is 4.33. The van der Waals surface area contributed by atoms with Crippen molar-refractivity contribution < 1.29 is 28.7 Å². The molecular weight excluding hydrogens is 480 g/mol. The molecule has 5 amide bonds. The lowest BCUT2D eigenvalue weighted by atomic mass is 10.1. The van der Waals surface area contributed by atoms with Crippen LogP contribution in [0, 0.1) is 0 Å². The van der Waals surface area contributed by atoms with Crippen LogP contribution in [0.3, 0.4) is 0 Å². The number of amides is 5. The first kappa shape index (κ1) is 28.4. The predicted octanol–water partition coefficient (Wildman–Crippen LogP) is -0.233. The number of urea groups is 1. The molecule has 0 aromatic heterocycles. The van der Waals surface area contributed by atoms with Crippen LogP contribution in [-0.4, -0.2) is 111 Å². The first-order chi connectivity index (χ1) is 17.8. The van der Waals surface area contributed by atoms with Gasteiger partial charge in [-0.2, -0.15) is 0 Å². The van der Waals surface area contributed by atoms with Gasteiger partial charge >= 0.3 is 6.03 Å². The van der Waals surface area contributed by atoms with Crippen molar-refractivity contribution in [3.63, 3.8) is 0 Å². The van der Waals surface area contributed by atoms with Gasteiger partial charge in [-0.3, -0.25) is 14.4 Å². The summed E-state index contributed by atoms with van der Waals surface area (Å²) in [5, 5.41) is 11.7. The molecule has 2 fully saturated rings. The molecule has 2 atom stereocenters. The summed E-state index contributed by atoms with van der Waals surface area (Å²) < 4.78 is 10.9. The van der Waals surface area contributed by atoms with Gasteiger partial charge in [-0.15, -0.1) is 0 Å². The number of hydrogen-bond donors (Lipinski definition) is 4. The molecule has 12 nitrogen and oxygen atoms in total. The standard InChI is InChI=1S/C25H38N6O6/c1-18(2)28-20-14-21-24(34)26-9-11-36-12-13-37-17-23(33)30(16-22(32)31(21)15-20)10-8-27-25(35)29-19-6-4-3-5-7-19/h3-7,18,20-21,28H,8-17H2,1-2H3,(H,26,34)(H2,27,29,35)/t20-,21-/m0/s1. The molecule has 0 aliphatic carbocycles. The number of rotatable bonds is 6. The first-order valence-electron chi connectivity index (χ1n) is 12.7. The molecule has 0 saturated carbocycles. The van der Waals surface area contributed by atoms with Crippen molar-refractivity contribution in [1.29, 1.82) is 0 Å². The molecule has 204 valence electrons. The van der Waals surface area contributed by atoms with Crippen molar-refractivity contribution in [2.75, 3.05) is 64.5 Å². The smallest absolute Gasteiger partial charge is 0.319 e. The molecule has 3 rings (SSSR count). The Morgan fingerprint density at radius 3 is 2.59 bits per heavy atom. The van der Waals surface area contributed by atoms with E-state index in [0.29, 0.717) is 31.8 Å². The summed E-state index contributed by atoms with van der Waals surface area (Å²) in [6.07, 6.45) is 0.481. The first-order valence-corrected chi connectivity index (χ1v) is 12.7. The average molecular weight is 519 g/mol. The third-order valence-electron chi connectivity index (χ3n) is 6.01. The van der Waals surface area contributed by atoms with Crippen molar-refractivity contribution in [3.8, 4) is 0 Å². The van der Waals surface area contributed by atoms with E-state index in [-0.39, 0.29) is 69.3 Å². The van der Waals surface area contributed by atoms with E-state index in [0.717, 1.165) is 0 Å². The highest BCUT2D eigenvalue weighted by atomic mass is 16.5. The molecule has 4 N–H and O–H groups in total. The minimum atomic E-state index is -0.642. The normalized spacial score (nSPS) is 22.2. The topological polar surface area (TPSA) is 141 Å². The zero-order valence-electron chi connectivity index (χ0n) is 21.5. The largest absolute Gasteiger partial charge is 0.377 e. The molecule has 2 saturated heterocycles. The van der Waals surface area contributed by atoms with Crippen LogP contribution >= 0.6 is 0 Å². The number of carbonyl (C=O) groups excluding carboxylic acids is 4. The van der Waals surface area contributed by atoms with Gasteiger partial charge < -0.3 is 40.5 Å². The van der Waals surface area contributed by atoms with Gasteiger partial charge in [0.25, 0.3) is 0 Å². The van der Waals surface area contributed by atoms with Crippen LogP contribution in [0.5, 0.6) is 0 Å². The Morgan fingerprint density at radius 1 is 1.08 bits per heavy atom. The molecule has 0 spiro atoms. The van der Waals surface area contributed by atoms with E-state index >= 15 is 0 Å². The molecule has 0 unspecified atom stereocenters. The van der Waals surface area contributed by atoms with Gasteiger partial charge in [0.2, 0.25) is 17.7 Å². The van der Waals surface area contributed by atoms with E-state index in [2.05, 4.69) is 21.3 Å². The van der Waals surface area contributed by atoms with Crippen LogP contribution in [-0.2, 0) is 23.9 Å². The zero-order chi connectivity index (χ0) is 26.6. The maximum atomic E-state index is 13.4. The van der Waals surface area contributed by atoms with Crippen molar-refractivity contribution in [2.45, 2.75) is 38.4 Å². The van der Waals surface area contributed by atoms with Gasteiger partial charge in [0.1, 0.15) is 12.6 Å². The zero-order valence-corrected chi connectivity index (χ0v) is 21.5. The summed E-state index contributed by atoms with van der Waals surface area (Å²) in [5.74, 6) is -0.958. The Bertz CT molecular complexity index is 914. The quantitative estimate of drug-likeness (QED) is 0.408. The molecule has 1 aromatic carbocycles. The molecule has 1 aromatic rings. The molecule has 2 aliphatic rings. The summed E-state index contributed by atoms with van der Waals surface area (Å²) in [6, 6.07) is 8.07. The summed E-state index contributed by atoms with van der Waals surface area (Å²) >= 11 is 0. The lowest BCUT2D eigenvalue weighted by Gasteiger charge is -2.28. The second kappa shape index (κ2) is 14.5. The number of carbonyl (C=O) groups is 4. The van der Waals surface area contributed by atoms with Crippen molar-refractivity contribution in [3.05, 3.63) is 30.3 Å². The van der Waals surface area contributed by atoms with Gasteiger partial charge in [0.05, 0.1) is 26.4 Å².